The summed E-state index contributed by atoms with van der Waals surface area (Å²) in [5.74, 6) is 1.49. The molecule has 0 bridgehead atoms. The first-order valence-electron chi connectivity index (χ1n) is 9.55. The van der Waals surface area contributed by atoms with Crippen molar-refractivity contribution in [3.63, 3.8) is 0 Å². The van der Waals surface area contributed by atoms with Crippen molar-refractivity contribution in [2.24, 2.45) is 5.92 Å². The fraction of sp³-hybridized carbons (Fsp3) is 0.476. The van der Waals surface area contributed by atoms with E-state index in [1.807, 2.05) is 29.2 Å². The molecule has 7 heteroatoms. The number of aromatic nitrogens is 2. The normalized spacial score (nSPS) is 17.9. The van der Waals surface area contributed by atoms with Gasteiger partial charge in [0.25, 0.3) is 5.56 Å². The van der Waals surface area contributed by atoms with Gasteiger partial charge in [-0.15, -0.1) is 0 Å². The van der Waals surface area contributed by atoms with Crippen molar-refractivity contribution < 1.29 is 14.3 Å². The zero-order valence-electron chi connectivity index (χ0n) is 16.8. The zero-order chi connectivity index (χ0) is 20.3. The summed E-state index contributed by atoms with van der Waals surface area (Å²) in [7, 11) is 3.10. The minimum atomic E-state index is -0.680. The fourth-order valence-electron chi connectivity index (χ4n) is 3.59. The molecule has 2 aromatic rings. The van der Waals surface area contributed by atoms with E-state index in [0.717, 1.165) is 37.2 Å². The molecule has 1 aromatic heterocycles. The first kappa shape index (κ1) is 19.9. The van der Waals surface area contributed by atoms with Gasteiger partial charge < -0.3 is 14.4 Å². The van der Waals surface area contributed by atoms with Gasteiger partial charge >= 0.3 is 0 Å². The highest BCUT2D eigenvalue weighted by molar-refractivity contribution is 5.80. The highest BCUT2D eigenvalue weighted by atomic mass is 16.5. The van der Waals surface area contributed by atoms with E-state index >= 15 is 0 Å². The third-order valence-electron chi connectivity index (χ3n) is 5.20. The molecule has 2 atom stereocenters. The second kappa shape index (κ2) is 8.46. The van der Waals surface area contributed by atoms with Crippen LogP contribution in [0.4, 0.5) is 0 Å². The topological polar surface area (TPSA) is 73.7 Å². The summed E-state index contributed by atoms with van der Waals surface area (Å²) < 4.78 is 11.8. The van der Waals surface area contributed by atoms with Crippen molar-refractivity contribution in [2.75, 3.05) is 27.3 Å². The largest absolute Gasteiger partial charge is 0.497 e. The molecule has 2 unspecified atom stereocenters. The van der Waals surface area contributed by atoms with Crippen LogP contribution in [0.5, 0.6) is 11.5 Å². The van der Waals surface area contributed by atoms with Crippen LogP contribution in [0, 0.1) is 5.92 Å². The standard InChI is InChI=1S/C21H27N3O4/c1-14-6-5-11-23(13-14)21(26)15(2)24-19(25)12-18(28-4)20(22-24)16-7-9-17(27-3)10-8-16/h7-10,12,14-15H,5-6,11,13H2,1-4H3. The van der Waals surface area contributed by atoms with Crippen LogP contribution in [-0.4, -0.2) is 47.9 Å². The number of nitrogens with zero attached hydrogens (tertiary/aromatic N) is 3. The molecular weight excluding hydrogens is 358 g/mol. The van der Waals surface area contributed by atoms with E-state index in [9.17, 15) is 9.59 Å². The molecule has 0 N–H and O–H groups in total. The Labute approximate surface area is 164 Å². The molecule has 2 heterocycles. The number of hydrogen-bond acceptors (Lipinski definition) is 5. The van der Waals surface area contributed by atoms with Crippen molar-refractivity contribution in [3.05, 3.63) is 40.7 Å². The molecule has 150 valence electrons. The summed E-state index contributed by atoms with van der Waals surface area (Å²) in [4.78, 5) is 27.4. The molecule has 1 aromatic carbocycles. The summed E-state index contributed by atoms with van der Waals surface area (Å²) in [6, 6.07) is 8.02. The number of piperidine rings is 1. The fourth-order valence-corrected chi connectivity index (χ4v) is 3.59. The molecule has 1 fully saturated rings. The molecule has 7 nitrogen and oxygen atoms in total. The summed E-state index contributed by atoms with van der Waals surface area (Å²) in [6.07, 6.45) is 2.11. The molecule has 1 aliphatic heterocycles. The van der Waals surface area contributed by atoms with Crippen LogP contribution in [0.15, 0.2) is 35.1 Å². The lowest BCUT2D eigenvalue weighted by atomic mass is 10.00. The number of benzene rings is 1. The van der Waals surface area contributed by atoms with Crippen molar-refractivity contribution in [3.8, 4) is 22.8 Å². The number of rotatable bonds is 5. The van der Waals surface area contributed by atoms with E-state index < -0.39 is 6.04 Å². The van der Waals surface area contributed by atoms with Crippen molar-refractivity contribution >= 4 is 5.91 Å². The van der Waals surface area contributed by atoms with E-state index in [-0.39, 0.29) is 11.5 Å². The minimum Gasteiger partial charge on any atom is -0.497 e. The number of carbonyl (C=O) groups is 1. The zero-order valence-corrected chi connectivity index (χ0v) is 16.8. The molecule has 0 radical (unpaired) electrons. The lowest BCUT2D eigenvalue weighted by Crippen LogP contribution is -2.44. The number of amides is 1. The van der Waals surface area contributed by atoms with Crippen molar-refractivity contribution in [1.29, 1.82) is 0 Å². The van der Waals surface area contributed by atoms with Crippen LogP contribution >= 0.6 is 0 Å². The van der Waals surface area contributed by atoms with Gasteiger partial charge in [0.2, 0.25) is 5.91 Å². The van der Waals surface area contributed by atoms with E-state index in [1.165, 1.54) is 17.9 Å². The van der Waals surface area contributed by atoms with E-state index in [1.54, 1.807) is 14.0 Å². The van der Waals surface area contributed by atoms with Gasteiger partial charge in [-0.05, 0) is 49.9 Å². The molecule has 0 aliphatic carbocycles. The van der Waals surface area contributed by atoms with E-state index in [2.05, 4.69) is 12.0 Å². The average molecular weight is 385 g/mol. The van der Waals surface area contributed by atoms with Crippen LogP contribution in [0.1, 0.15) is 32.7 Å². The number of hydrogen-bond donors (Lipinski definition) is 0. The molecule has 1 amide bonds. The van der Waals surface area contributed by atoms with E-state index in [0.29, 0.717) is 17.4 Å². The Morgan fingerprint density at radius 1 is 1.21 bits per heavy atom. The van der Waals surface area contributed by atoms with Crippen LogP contribution in [-0.2, 0) is 4.79 Å². The van der Waals surface area contributed by atoms with Gasteiger partial charge in [0.1, 0.15) is 17.5 Å². The second-order valence-electron chi connectivity index (χ2n) is 7.28. The van der Waals surface area contributed by atoms with Crippen LogP contribution in [0.3, 0.4) is 0 Å². The Morgan fingerprint density at radius 3 is 2.54 bits per heavy atom. The van der Waals surface area contributed by atoms with Gasteiger partial charge in [0, 0.05) is 24.7 Å². The number of ether oxygens (including phenoxy) is 2. The quantitative estimate of drug-likeness (QED) is 0.791. The summed E-state index contributed by atoms with van der Waals surface area (Å²) >= 11 is 0. The Morgan fingerprint density at radius 2 is 1.93 bits per heavy atom. The maximum Gasteiger partial charge on any atom is 0.271 e. The molecular formula is C21H27N3O4. The maximum absolute atomic E-state index is 13.0. The van der Waals surface area contributed by atoms with Crippen molar-refractivity contribution in [2.45, 2.75) is 32.7 Å². The number of methoxy groups -OCH3 is 2. The van der Waals surface area contributed by atoms with Gasteiger partial charge in [-0.25, -0.2) is 4.68 Å². The molecule has 0 spiro atoms. The Balaban J connectivity index is 1.96. The second-order valence-corrected chi connectivity index (χ2v) is 7.28. The average Bonchev–Trinajstić information content (AvgIpc) is 2.72. The number of carbonyl (C=O) groups excluding carboxylic acids is 1. The smallest absolute Gasteiger partial charge is 0.271 e. The Bertz CT molecular complexity index is 892. The van der Waals surface area contributed by atoms with Gasteiger partial charge in [0.05, 0.1) is 14.2 Å². The monoisotopic (exact) mass is 385 g/mol. The van der Waals surface area contributed by atoms with Crippen LogP contribution in [0.2, 0.25) is 0 Å². The predicted molar refractivity (Wildman–Crippen MR) is 107 cm³/mol. The lowest BCUT2D eigenvalue weighted by Gasteiger charge is -2.33. The van der Waals surface area contributed by atoms with Gasteiger partial charge in [0.15, 0.2) is 5.75 Å². The molecule has 3 rings (SSSR count). The predicted octanol–water partition coefficient (Wildman–Crippen LogP) is 2.75. The summed E-state index contributed by atoms with van der Waals surface area (Å²) in [5.41, 5.74) is 0.925. The first-order chi connectivity index (χ1) is 13.4. The van der Waals surface area contributed by atoms with Crippen LogP contribution in [0.25, 0.3) is 11.3 Å². The highest BCUT2D eigenvalue weighted by Crippen LogP contribution is 2.28. The molecule has 1 aliphatic rings. The van der Waals surface area contributed by atoms with Gasteiger partial charge in [-0.1, -0.05) is 6.92 Å². The SMILES string of the molecule is COc1ccc(-c2nn(C(C)C(=O)N3CCCC(C)C3)c(=O)cc2OC)cc1. The molecule has 1 saturated heterocycles. The maximum atomic E-state index is 13.0. The van der Waals surface area contributed by atoms with Crippen molar-refractivity contribution in [1.82, 2.24) is 14.7 Å². The summed E-state index contributed by atoms with van der Waals surface area (Å²) in [6.45, 7) is 5.31. The lowest BCUT2D eigenvalue weighted by molar-refractivity contribution is -0.136. The third-order valence-corrected chi connectivity index (χ3v) is 5.20. The van der Waals surface area contributed by atoms with Crippen LogP contribution < -0.4 is 15.0 Å². The van der Waals surface area contributed by atoms with Gasteiger partial charge in [-0.2, -0.15) is 5.10 Å². The molecule has 0 saturated carbocycles. The highest BCUT2D eigenvalue weighted by Gasteiger charge is 2.28. The Kier molecular flexibility index (Phi) is 6.02. The summed E-state index contributed by atoms with van der Waals surface area (Å²) in [5, 5.41) is 4.49. The van der Waals surface area contributed by atoms with E-state index in [4.69, 9.17) is 9.47 Å². The van der Waals surface area contributed by atoms with Gasteiger partial charge in [-0.3, -0.25) is 9.59 Å². The molecule has 28 heavy (non-hydrogen) atoms. The third kappa shape index (κ3) is 4.03. The minimum absolute atomic E-state index is 0.0769. The number of likely N-dealkylation sites (tertiary alicyclic amines) is 1. The Hall–Kier alpha value is -2.83. The first-order valence-corrected chi connectivity index (χ1v) is 9.55.